The fourth-order valence-corrected chi connectivity index (χ4v) is 2.90. The van der Waals surface area contributed by atoms with Crippen molar-refractivity contribution in [2.45, 2.75) is 10.8 Å². The Bertz CT molecular complexity index is 543. The number of carbonyl (C=O) groups is 1. The van der Waals surface area contributed by atoms with Crippen LogP contribution < -0.4 is 0 Å². The van der Waals surface area contributed by atoms with Gasteiger partial charge in [0.15, 0.2) is 5.78 Å². The fraction of sp³-hybridized carbons (Fsp3) is 0.231. The lowest BCUT2D eigenvalue weighted by Gasteiger charge is -2.03. The second kappa shape index (κ2) is 7.87. The van der Waals surface area contributed by atoms with Gasteiger partial charge in [-0.05, 0) is 5.56 Å². The second-order valence-electron chi connectivity index (χ2n) is 3.84. The van der Waals surface area contributed by atoms with Crippen molar-refractivity contribution in [2.24, 2.45) is 7.05 Å². The maximum absolute atomic E-state index is 11.8. The molecule has 0 fully saturated rings. The van der Waals surface area contributed by atoms with Crippen molar-refractivity contribution in [2.75, 3.05) is 5.33 Å². The predicted octanol–water partition coefficient (Wildman–Crippen LogP) is 3.87. The van der Waals surface area contributed by atoms with Gasteiger partial charge >= 0.3 is 0 Å². The molecule has 0 amide bonds. The topological polar surface area (TPSA) is 34.9 Å². The molecule has 1 aromatic carbocycles. The van der Waals surface area contributed by atoms with E-state index in [-0.39, 0.29) is 22.8 Å². The zero-order valence-electron chi connectivity index (χ0n) is 10.4. The van der Waals surface area contributed by atoms with Crippen molar-refractivity contribution >= 4 is 50.5 Å². The number of nitrogens with zero attached hydrogens (tertiary/aromatic N) is 2. The van der Waals surface area contributed by atoms with E-state index in [0.717, 1.165) is 10.8 Å². The standard InChI is InChI=1S/C13H13BrN2OS.BrH/c1-16-9-15-13(12(16)11(17)7-14)18-8-10-5-3-2-4-6-10;/h2-6,9H,7-8H2,1H3;1H. The number of rotatable bonds is 5. The molecule has 0 N–H and O–H groups in total. The smallest absolute Gasteiger partial charge is 0.192 e. The zero-order valence-corrected chi connectivity index (χ0v) is 14.5. The van der Waals surface area contributed by atoms with Crippen molar-refractivity contribution in [1.29, 1.82) is 0 Å². The number of benzene rings is 1. The largest absolute Gasteiger partial charge is 0.330 e. The third-order valence-electron chi connectivity index (χ3n) is 2.51. The Kier molecular flexibility index (Phi) is 6.82. The Balaban J connectivity index is 0.00000180. The normalized spacial score (nSPS) is 10.0. The summed E-state index contributed by atoms with van der Waals surface area (Å²) in [4.78, 5) is 16.1. The highest BCUT2D eigenvalue weighted by atomic mass is 79.9. The van der Waals surface area contributed by atoms with Gasteiger partial charge in [-0.3, -0.25) is 4.79 Å². The number of aryl methyl sites for hydroxylation is 1. The minimum Gasteiger partial charge on any atom is -0.330 e. The van der Waals surface area contributed by atoms with E-state index in [1.807, 2.05) is 25.2 Å². The highest BCUT2D eigenvalue weighted by Crippen LogP contribution is 2.25. The van der Waals surface area contributed by atoms with Crippen LogP contribution in [-0.2, 0) is 12.8 Å². The molecule has 102 valence electrons. The highest BCUT2D eigenvalue weighted by Gasteiger charge is 2.16. The van der Waals surface area contributed by atoms with E-state index in [2.05, 4.69) is 33.0 Å². The van der Waals surface area contributed by atoms with Crippen LogP contribution in [0.2, 0.25) is 0 Å². The van der Waals surface area contributed by atoms with Gasteiger partial charge in [0, 0.05) is 12.8 Å². The number of hydrogen-bond acceptors (Lipinski definition) is 3. The first-order valence-corrected chi connectivity index (χ1v) is 7.60. The van der Waals surface area contributed by atoms with E-state index in [1.54, 1.807) is 22.7 Å². The Morgan fingerprint density at radius 3 is 2.68 bits per heavy atom. The van der Waals surface area contributed by atoms with Gasteiger partial charge in [-0.25, -0.2) is 4.98 Å². The van der Waals surface area contributed by atoms with Crippen LogP contribution in [0.15, 0.2) is 41.7 Å². The first kappa shape index (κ1) is 16.5. The lowest BCUT2D eigenvalue weighted by Crippen LogP contribution is -2.07. The van der Waals surface area contributed by atoms with Crippen LogP contribution in [0, 0.1) is 0 Å². The van der Waals surface area contributed by atoms with E-state index in [1.165, 1.54) is 5.56 Å². The summed E-state index contributed by atoms with van der Waals surface area (Å²) in [5.41, 5.74) is 1.90. The highest BCUT2D eigenvalue weighted by molar-refractivity contribution is 9.09. The number of alkyl halides is 1. The van der Waals surface area contributed by atoms with Crippen LogP contribution in [0.5, 0.6) is 0 Å². The summed E-state index contributed by atoms with van der Waals surface area (Å²) >= 11 is 4.79. The first-order chi connectivity index (χ1) is 8.72. The lowest BCUT2D eigenvalue weighted by atomic mass is 10.2. The molecule has 0 spiro atoms. The zero-order chi connectivity index (χ0) is 13.0. The fourth-order valence-electron chi connectivity index (χ4n) is 1.62. The molecule has 1 heterocycles. The Morgan fingerprint density at radius 1 is 1.37 bits per heavy atom. The van der Waals surface area contributed by atoms with Crippen molar-refractivity contribution < 1.29 is 4.79 Å². The molecule has 3 nitrogen and oxygen atoms in total. The van der Waals surface area contributed by atoms with Gasteiger partial charge in [-0.1, -0.05) is 58.0 Å². The Hall–Kier alpha value is -0.590. The van der Waals surface area contributed by atoms with Gasteiger partial charge in [-0.2, -0.15) is 0 Å². The monoisotopic (exact) mass is 404 g/mol. The van der Waals surface area contributed by atoms with Crippen molar-refractivity contribution in [3.63, 3.8) is 0 Å². The quantitative estimate of drug-likeness (QED) is 0.430. The van der Waals surface area contributed by atoms with Gasteiger partial charge in [-0.15, -0.1) is 17.0 Å². The van der Waals surface area contributed by atoms with Crippen LogP contribution in [-0.4, -0.2) is 20.7 Å². The third kappa shape index (κ3) is 4.19. The summed E-state index contributed by atoms with van der Waals surface area (Å²) in [6.07, 6.45) is 1.68. The number of ketones is 1. The SMILES string of the molecule is Br.Cn1cnc(SCc2ccccc2)c1C(=O)CBr. The average Bonchev–Trinajstić information content (AvgIpc) is 2.78. The minimum atomic E-state index is 0. The number of Topliss-reactive ketones (excluding diaryl/α,β-unsaturated/α-hetero) is 1. The van der Waals surface area contributed by atoms with Crippen LogP contribution in [0.3, 0.4) is 0 Å². The number of halogens is 2. The molecule has 0 bridgehead atoms. The summed E-state index contributed by atoms with van der Waals surface area (Å²) < 4.78 is 1.77. The average molecular weight is 406 g/mol. The van der Waals surface area contributed by atoms with Crippen LogP contribution in [0.1, 0.15) is 16.1 Å². The second-order valence-corrected chi connectivity index (χ2v) is 5.37. The summed E-state index contributed by atoms with van der Waals surface area (Å²) in [5, 5.41) is 1.12. The number of hydrogen-bond donors (Lipinski definition) is 0. The molecular weight excluding hydrogens is 392 g/mol. The summed E-state index contributed by atoms with van der Waals surface area (Å²) in [5.74, 6) is 0.881. The van der Waals surface area contributed by atoms with E-state index in [0.29, 0.717) is 11.0 Å². The van der Waals surface area contributed by atoms with E-state index < -0.39 is 0 Å². The molecule has 0 unspecified atom stereocenters. The third-order valence-corrected chi connectivity index (χ3v) is 4.07. The molecule has 1 aromatic heterocycles. The number of aromatic nitrogens is 2. The summed E-state index contributed by atoms with van der Waals surface area (Å²) in [6, 6.07) is 10.2. The first-order valence-electron chi connectivity index (χ1n) is 5.49. The van der Waals surface area contributed by atoms with Crippen LogP contribution >= 0.6 is 44.7 Å². The van der Waals surface area contributed by atoms with Crippen molar-refractivity contribution in [1.82, 2.24) is 9.55 Å². The van der Waals surface area contributed by atoms with E-state index >= 15 is 0 Å². The van der Waals surface area contributed by atoms with E-state index in [4.69, 9.17) is 0 Å². The maximum Gasteiger partial charge on any atom is 0.192 e. The Labute approximate surface area is 135 Å². The van der Waals surface area contributed by atoms with Gasteiger partial charge in [0.1, 0.15) is 10.7 Å². The van der Waals surface area contributed by atoms with Gasteiger partial charge in [0.2, 0.25) is 0 Å². The molecule has 19 heavy (non-hydrogen) atoms. The number of imidazole rings is 1. The van der Waals surface area contributed by atoms with Gasteiger partial charge in [0.05, 0.1) is 11.7 Å². The molecular formula is C13H14Br2N2OS. The molecule has 0 atom stereocenters. The van der Waals surface area contributed by atoms with Gasteiger partial charge in [0.25, 0.3) is 0 Å². The maximum atomic E-state index is 11.8. The Morgan fingerprint density at radius 2 is 2.05 bits per heavy atom. The lowest BCUT2D eigenvalue weighted by molar-refractivity contribution is 0.101. The predicted molar refractivity (Wildman–Crippen MR) is 87.7 cm³/mol. The molecule has 0 aliphatic rings. The van der Waals surface area contributed by atoms with Crippen LogP contribution in [0.25, 0.3) is 0 Å². The minimum absolute atomic E-state index is 0. The molecule has 0 radical (unpaired) electrons. The van der Waals surface area contributed by atoms with Crippen molar-refractivity contribution in [3.05, 3.63) is 47.9 Å². The van der Waals surface area contributed by atoms with E-state index in [9.17, 15) is 4.79 Å². The molecule has 0 aliphatic heterocycles. The molecule has 0 saturated heterocycles. The number of carbonyl (C=O) groups excluding carboxylic acids is 1. The molecule has 2 aromatic rings. The molecule has 2 rings (SSSR count). The molecule has 0 aliphatic carbocycles. The van der Waals surface area contributed by atoms with Crippen molar-refractivity contribution in [3.8, 4) is 0 Å². The van der Waals surface area contributed by atoms with Crippen LogP contribution in [0.4, 0.5) is 0 Å². The molecule has 6 heteroatoms. The summed E-state index contributed by atoms with van der Waals surface area (Å²) in [7, 11) is 1.84. The summed E-state index contributed by atoms with van der Waals surface area (Å²) in [6.45, 7) is 0. The number of thioether (sulfide) groups is 1. The molecule has 0 saturated carbocycles. The van der Waals surface area contributed by atoms with Gasteiger partial charge < -0.3 is 4.57 Å².